The lowest BCUT2D eigenvalue weighted by atomic mass is 9.95. The Hall–Kier alpha value is -0.870. The lowest BCUT2D eigenvalue weighted by molar-refractivity contribution is -0.152. The molecule has 0 saturated carbocycles. The van der Waals surface area contributed by atoms with Gasteiger partial charge in [0.05, 0.1) is 24.2 Å². The molecule has 1 saturated heterocycles. The van der Waals surface area contributed by atoms with Gasteiger partial charge in [-0.3, -0.25) is 4.79 Å². The molecule has 2 rings (SSSR count). The van der Waals surface area contributed by atoms with Gasteiger partial charge in [0.1, 0.15) is 6.61 Å². The summed E-state index contributed by atoms with van der Waals surface area (Å²) in [5.41, 5.74) is 0. The second-order valence-corrected chi connectivity index (χ2v) is 4.06. The minimum atomic E-state index is -0.552. The zero-order valence-electron chi connectivity index (χ0n) is 8.76. The maximum absolute atomic E-state index is 11.6. The summed E-state index contributed by atoms with van der Waals surface area (Å²) in [6, 6.07) is 0. The summed E-state index contributed by atoms with van der Waals surface area (Å²) in [5, 5.41) is 9.26. The van der Waals surface area contributed by atoms with Crippen molar-refractivity contribution < 1.29 is 19.4 Å². The molecule has 1 N–H and O–H groups in total. The molecule has 4 nitrogen and oxygen atoms in total. The SMILES string of the molecule is CCC(O)COC(=O)C1CC2C=CC1O2. The van der Waals surface area contributed by atoms with Gasteiger partial charge >= 0.3 is 5.97 Å². The van der Waals surface area contributed by atoms with Crippen LogP contribution in [0.15, 0.2) is 12.2 Å². The van der Waals surface area contributed by atoms with Gasteiger partial charge in [0.15, 0.2) is 0 Å². The van der Waals surface area contributed by atoms with Gasteiger partial charge in [0.25, 0.3) is 0 Å². The van der Waals surface area contributed by atoms with Gasteiger partial charge in [-0.2, -0.15) is 0 Å². The highest BCUT2D eigenvalue weighted by Crippen LogP contribution is 2.34. The van der Waals surface area contributed by atoms with Crippen LogP contribution in [0.4, 0.5) is 0 Å². The minimum absolute atomic E-state index is 0.0867. The fraction of sp³-hybridized carbons (Fsp3) is 0.727. The lowest BCUT2D eigenvalue weighted by Gasteiger charge is -2.15. The Kier molecular flexibility index (Phi) is 3.07. The van der Waals surface area contributed by atoms with Crippen molar-refractivity contribution in [1.29, 1.82) is 0 Å². The molecule has 15 heavy (non-hydrogen) atoms. The van der Waals surface area contributed by atoms with E-state index in [1.807, 2.05) is 19.1 Å². The number of aliphatic hydroxyl groups excluding tert-OH is 1. The van der Waals surface area contributed by atoms with E-state index in [2.05, 4.69) is 0 Å². The highest BCUT2D eigenvalue weighted by molar-refractivity contribution is 5.74. The van der Waals surface area contributed by atoms with Crippen molar-refractivity contribution in [3.05, 3.63) is 12.2 Å². The van der Waals surface area contributed by atoms with E-state index in [4.69, 9.17) is 9.47 Å². The average molecular weight is 212 g/mol. The van der Waals surface area contributed by atoms with Crippen LogP contribution < -0.4 is 0 Å². The van der Waals surface area contributed by atoms with Crippen LogP contribution in [0, 0.1) is 5.92 Å². The molecule has 2 bridgehead atoms. The fourth-order valence-electron chi connectivity index (χ4n) is 1.91. The Morgan fingerprint density at radius 1 is 1.67 bits per heavy atom. The van der Waals surface area contributed by atoms with Crippen LogP contribution in [-0.4, -0.2) is 36.0 Å². The molecule has 2 aliphatic rings. The van der Waals surface area contributed by atoms with Crippen LogP contribution in [0.1, 0.15) is 19.8 Å². The summed E-state index contributed by atoms with van der Waals surface area (Å²) in [6.07, 6.45) is 4.63. The van der Waals surface area contributed by atoms with Gasteiger partial charge in [-0.1, -0.05) is 19.1 Å². The Labute approximate surface area is 88.9 Å². The molecule has 2 heterocycles. The van der Waals surface area contributed by atoms with Crippen LogP contribution in [0.5, 0.6) is 0 Å². The van der Waals surface area contributed by atoms with Crippen molar-refractivity contribution in [2.45, 2.75) is 38.1 Å². The van der Waals surface area contributed by atoms with Crippen molar-refractivity contribution in [2.75, 3.05) is 6.61 Å². The molecule has 0 radical (unpaired) electrons. The van der Waals surface area contributed by atoms with E-state index < -0.39 is 6.10 Å². The standard InChI is InChI=1S/C11H16O4/c1-2-7(12)6-14-11(13)9-5-8-3-4-10(9)15-8/h3-4,7-10,12H,2,5-6H2,1H3. The number of hydrogen-bond donors (Lipinski definition) is 1. The molecule has 0 aliphatic carbocycles. The molecule has 0 spiro atoms. The number of carbonyl (C=O) groups excluding carboxylic acids is 1. The average Bonchev–Trinajstić information content (AvgIpc) is 2.86. The Balaban J connectivity index is 1.80. The van der Waals surface area contributed by atoms with E-state index in [1.54, 1.807) is 0 Å². The Morgan fingerprint density at radius 3 is 3.00 bits per heavy atom. The summed E-state index contributed by atoms with van der Waals surface area (Å²) in [5.74, 6) is -0.427. The molecule has 0 aromatic carbocycles. The number of ether oxygens (including phenoxy) is 2. The molecule has 0 aromatic rings. The molecular formula is C11H16O4. The molecular weight excluding hydrogens is 196 g/mol. The van der Waals surface area contributed by atoms with Gasteiger partial charge in [-0.15, -0.1) is 0 Å². The van der Waals surface area contributed by atoms with E-state index in [9.17, 15) is 9.90 Å². The molecule has 1 fully saturated rings. The predicted molar refractivity (Wildman–Crippen MR) is 53.2 cm³/mol. The first-order valence-corrected chi connectivity index (χ1v) is 5.39. The van der Waals surface area contributed by atoms with Crippen molar-refractivity contribution >= 4 is 5.97 Å². The van der Waals surface area contributed by atoms with Crippen LogP contribution >= 0.6 is 0 Å². The largest absolute Gasteiger partial charge is 0.463 e. The first-order valence-electron chi connectivity index (χ1n) is 5.39. The maximum Gasteiger partial charge on any atom is 0.312 e. The summed E-state index contributed by atoms with van der Waals surface area (Å²) in [6.45, 7) is 1.94. The van der Waals surface area contributed by atoms with Crippen molar-refractivity contribution in [1.82, 2.24) is 0 Å². The summed E-state index contributed by atoms with van der Waals surface area (Å²) in [4.78, 5) is 11.6. The van der Waals surface area contributed by atoms with Crippen LogP contribution in [0.2, 0.25) is 0 Å². The topological polar surface area (TPSA) is 55.8 Å². The van der Waals surface area contributed by atoms with Crippen molar-refractivity contribution in [3.8, 4) is 0 Å². The van der Waals surface area contributed by atoms with Crippen LogP contribution in [0.3, 0.4) is 0 Å². The quantitative estimate of drug-likeness (QED) is 0.549. The molecule has 4 atom stereocenters. The number of fused-ring (bicyclic) bond motifs is 2. The molecule has 4 unspecified atom stereocenters. The first-order chi connectivity index (χ1) is 7.20. The molecule has 84 valence electrons. The highest BCUT2D eigenvalue weighted by atomic mass is 16.6. The Morgan fingerprint density at radius 2 is 2.47 bits per heavy atom. The van der Waals surface area contributed by atoms with Crippen LogP contribution in [0.25, 0.3) is 0 Å². The molecule has 2 aliphatic heterocycles. The van der Waals surface area contributed by atoms with Gasteiger partial charge in [0, 0.05) is 0 Å². The summed E-state index contributed by atoms with van der Waals surface area (Å²) in [7, 11) is 0. The van der Waals surface area contributed by atoms with Gasteiger partial charge in [-0.05, 0) is 12.8 Å². The van der Waals surface area contributed by atoms with Gasteiger partial charge < -0.3 is 14.6 Å². The van der Waals surface area contributed by atoms with E-state index in [-0.39, 0.29) is 30.7 Å². The minimum Gasteiger partial charge on any atom is -0.463 e. The predicted octanol–water partition coefficient (Wildman–Crippen LogP) is 0.644. The number of aliphatic hydroxyl groups is 1. The molecule has 0 aromatic heterocycles. The van der Waals surface area contributed by atoms with Crippen molar-refractivity contribution in [3.63, 3.8) is 0 Å². The van der Waals surface area contributed by atoms with Crippen LogP contribution in [-0.2, 0) is 14.3 Å². The summed E-state index contributed by atoms with van der Waals surface area (Å²) >= 11 is 0. The van der Waals surface area contributed by atoms with E-state index in [0.29, 0.717) is 12.8 Å². The van der Waals surface area contributed by atoms with E-state index in [1.165, 1.54) is 0 Å². The maximum atomic E-state index is 11.6. The zero-order chi connectivity index (χ0) is 10.8. The third-order valence-corrected chi connectivity index (χ3v) is 2.92. The molecule has 4 heteroatoms. The highest BCUT2D eigenvalue weighted by Gasteiger charge is 2.42. The van der Waals surface area contributed by atoms with Crippen molar-refractivity contribution in [2.24, 2.45) is 5.92 Å². The van der Waals surface area contributed by atoms with E-state index in [0.717, 1.165) is 0 Å². The number of hydrogen-bond acceptors (Lipinski definition) is 4. The third-order valence-electron chi connectivity index (χ3n) is 2.92. The lowest BCUT2D eigenvalue weighted by Crippen LogP contribution is -2.28. The fourth-order valence-corrected chi connectivity index (χ4v) is 1.91. The summed E-state index contributed by atoms with van der Waals surface area (Å²) < 4.78 is 10.5. The smallest absolute Gasteiger partial charge is 0.312 e. The number of carbonyl (C=O) groups is 1. The second kappa shape index (κ2) is 4.33. The second-order valence-electron chi connectivity index (χ2n) is 4.06. The van der Waals surface area contributed by atoms with Gasteiger partial charge in [0.2, 0.25) is 0 Å². The van der Waals surface area contributed by atoms with Gasteiger partial charge in [-0.25, -0.2) is 0 Å². The normalized spacial score (nSPS) is 34.4. The number of rotatable bonds is 4. The zero-order valence-corrected chi connectivity index (χ0v) is 8.76. The Bertz CT molecular complexity index is 274. The third kappa shape index (κ3) is 2.21. The first kappa shape index (κ1) is 10.6. The van der Waals surface area contributed by atoms with E-state index >= 15 is 0 Å². The monoisotopic (exact) mass is 212 g/mol. The number of esters is 1. The molecule has 0 amide bonds.